The fraction of sp³-hybridized carbons (Fsp3) is 0.455. The first-order valence-corrected chi connectivity index (χ1v) is 11.8. The number of sulfonamides is 1. The molecule has 1 amide bonds. The maximum Gasteiger partial charge on any atom is 0.240 e. The average molecular weight is 431 g/mol. The molecule has 0 aliphatic carbocycles. The van der Waals surface area contributed by atoms with E-state index in [0.717, 1.165) is 36.0 Å². The van der Waals surface area contributed by atoms with Gasteiger partial charge in [0.05, 0.1) is 4.90 Å². The molecule has 0 unspecified atom stereocenters. The summed E-state index contributed by atoms with van der Waals surface area (Å²) in [5, 5.41) is 2.92. The zero-order valence-electron chi connectivity index (χ0n) is 17.6. The van der Waals surface area contributed by atoms with Crippen LogP contribution in [0.25, 0.3) is 0 Å². The third kappa shape index (κ3) is 6.03. The fourth-order valence-corrected chi connectivity index (χ4v) is 4.18. The van der Waals surface area contributed by atoms with Gasteiger partial charge >= 0.3 is 0 Å². The number of pyridine rings is 1. The van der Waals surface area contributed by atoms with E-state index < -0.39 is 10.0 Å². The predicted molar refractivity (Wildman–Crippen MR) is 118 cm³/mol. The van der Waals surface area contributed by atoms with Crippen molar-refractivity contribution in [2.75, 3.05) is 25.0 Å². The standard InChI is InChI=1S/C22H30N4O3S/c1-17-11-13-26(14-12-17)21-9-5-19(15-24-21)16-25-22(27)10-6-18-3-7-20(8-4-18)30(28,29)23-2/h3-5,7-9,15,17,23H,6,10-14,16H2,1-2H3,(H,25,27). The zero-order valence-corrected chi connectivity index (χ0v) is 18.4. The Morgan fingerprint density at radius 2 is 1.77 bits per heavy atom. The van der Waals surface area contributed by atoms with E-state index in [0.29, 0.717) is 19.4 Å². The smallest absolute Gasteiger partial charge is 0.240 e. The summed E-state index contributed by atoms with van der Waals surface area (Å²) < 4.78 is 25.8. The highest BCUT2D eigenvalue weighted by atomic mass is 32.2. The molecule has 0 radical (unpaired) electrons. The van der Waals surface area contributed by atoms with Crippen molar-refractivity contribution in [3.05, 3.63) is 53.7 Å². The van der Waals surface area contributed by atoms with Gasteiger partial charge in [0.25, 0.3) is 0 Å². The monoisotopic (exact) mass is 430 g/mol. The molecule has 30 heavy (non-hydrogen) atoms. The van der Waals surface area contributed by atoms with E-state index in [1.807, 2.05) is 18.3 Å². The summed E-state index contributed by atoms with van der Waals surface area (Å²) in [6, 6.07) is 10.6. The molecule has 2 N–H and O–H groups in total. The second-order valence-electron chi connectivity index (χ2n) is 7.82. The maximum absolute atomic E-state index is 12.2. The molecule has 162 valence electrons. The number of carbonyl (C=O) groups is 1. The summed E-state index contributed by atoms with van der Waals surface area (Å²) >= 11 is 0. The molecule has 0 saturated carbocycles. The second-order valence-corrected chi connectivity index (χ2v) is 9.71. The van der Waals surface area contributed by atoms with Crippen molar-refractivity contribution in [3.63, 3.8) is 0 Å². The van der Waals surface area contributed by atoms with Crippen molar-refractivity contribution in [2.24, 2.45) is 5.92 Å². The van der Waals surface area contributed by atoms with Gasteiger partial charge in [-0.3, -0.25) is 4.79 Å². The average Bonchev–Trinajstić information content (AvgIpc) is 2.77. The van der Waals surface area contributed by atoms with Crippen LogP contribution in [0.2, 0.25) is 0 Å². The number of aryl methyl sites for hydroxylation is 1. The number of benzene rings is 1. The van der Waals surface area contributed by atoms with Crippen molar-refractivity contribution >= 4 is 21.7 Å². The lowest BCUT2D eigenvalue weighted by molar-refractivity contribution is -0.121. The molecule has 0 atom stereocenters. The van der Waals surface area contributed by atoms with Crippen LogP contribution in [-0.2, 0) is 27.8 Å². The summed E-state index contributed by atoms with van der Waals surface area (Å²) in [6.07, 6.45) is 5.13. The highest BCUT2D eigenvalue weighted by molar-refractivity contribution is 7.89. The number of rotatable bonds is 8. The normalized spacial score (nSPS) is 15.2. The van der Waals surface area contributed by atoms with Gasteiger partial charge in [0.2, 0.25) is 15.9 Å². The van der Waals surface area contributed by atoms with Gasteiger partial charge < -0.3 is 10.2 Å². The highest BCUT2D eigenvalue weighted by Gasteiger charge is 2.16. The number of hydrogen-bond acceptors (Lipinski definition) is 5. The molecule has 7 nitrogen and oxygen atoms in total. The minimum Gasteiger partial charge on any atom is -0.357 e. The fourth-order valence-electron chi connectivity index (χ4n) is 3.45. The van der Waals surface area contributed by atoms with Gasteiger partial charge in [-0.15, -0.1) is 0 Å². The molecule has 1 aliphatic heterocycles. The van der Waals surface area contributed by atoms with Crippen molar-refractivity contribution < 1.29 is 13.2 Å². The largest absolute Gasteiger partial charge is 0.357 e. The van der Waals surface area contributed by atoms with Crippen molar-refractivity contribution in [3.8, 4) is 0 Å². The molecule has 1 aliphatic rings. The van der Waals surface area contributed by atoms with E-state index in [-0.39, 0.29) is 10.8 Å². The van der Waals surface area contributed by atoms with Crippen LogP contribution in [0.1, 0.15) is 37.3 Å². The molecule has 3 rings (SSSR count). The van der Waals surface area contributed by atoms with Gasteiger partial charge in [0.1, 0.15) is 5.82 Å². The topological polar surface area (TPSA) is 91.4 Å². The van der Waals surface area contributed by atoms with E-state index in [1.54, 1.807) is 24.3 Å². The second kappa shape index (κ2) is 10.0. The lowest BCUT2D eigenvalue weighted by atomic mass is 9.99. The number of piperidine rings is 1. The number of carbonyl (C=O) groups excluding carboxylic acids is 1. The Bertz CT molecular complexity index is 935. The van der Waals surface area contributed by atoms with Crippen LogP contribution in [0, 0.1) is 5.92 Å². The van der Waals surface area contributed by atoms with Gasteiger partial charge in [0, 0.05) is 32.3 Å². The molecule has 0 bridgehead atoms. The molecule has 1 saturated heterocycles. The minimum atomic E-state index is -3.44. The van der Waals surface area contributed by atoms with Crippen molar-refractivity contribution in [1.82, 2.24) is 15.0 Å². The van der Waals surface area contributed by atoms with Crippen LogP contribution in [0.4, 0.5) is 5.82 Å². The molecule has 1 fully saturated rings. The Morgan fingerprint density at radius 1 is 1.10 bits per heavy atom. The van der Waals surface area contributed by atoms with Crippen LogP contribution >= 0.6 is 0 Å². The summed E-state index contributed by atoms with van der Waals surface area (Å²) in [6.45, 7) is 4.83. The van der Waals surface area contributed by atoms with Crippen LogP contribution in [0.15, 0.2) is 47.5 Å². The van der Waals surface area contributed by atoms with Gasteiger partial charge in [-0.25, -0.2) is 18.1 Å². The third-order valence-corrected chi connectivity index (χ3v) is 6.98. The SMILES string of the molecule is CNS(=O)(=O)c1ccc(CCC(=O)NCc2ccc(N3CCC(C)CC3)nc2)cc1. The summed E-state index contributed by atoms with van der Waals surface area (Å²) in [5.74, 6) is 1.74. The predicted octanol–water partition coefficient (Wildman–Crippen LogP) is 2.47. The lowest BCUT2D eigenvalue weighted by Gasteiger charge is -2.31. The summed E-state index contributed by atoms with van der Waals surface area (Å²) in [5.41, 5.74) is 1.89. The number of hydrogen-bond donors (Lipinski definition) is 2. The minimum absolute atomic E-state index is 0.0454. The zero-order chi connectivity index (χ0) is 21.6. The van der Waals surface area contributed by atoms with Gasteiger partial charge in [-0.05, 0) is 61.6 Å². The maximum atomic E-state index is 12.2. The Labute approximate surface area is 178 Å². The first-order chi connectivity index (χ1) is 14.4. The molecule has 8 heteroatoms. The van der Waals surface area contributed by atoms with Crippen LogP contribution < -0.4 is 14.9 Å². The molecule has 2 heterocycles. The van der Waals surface area contributed by atoms with E-state index >= 15 is 0 Å². The lowest BCUT2D eigenvalue weighted by Crippen LogP contribution is -2.33. The molecule has 2 aromatic rings. The van der Waals surface area contributed by atoms with Gasteiger partial charge in [-0.1, -0.05) is 25.1 Å². The molecule has 1 aromatic carbocycles. The number of nitrogens with zero attached hydrogens (tertiary/aromatic N) is 2. The number of nitrogens with one attached hydrogen (secondary N) is 2. The first-order valence-electron chi connectivity index (χ1n) is 10.4. The van der Waals surface area contributed by atoms with E-state index in [2.05, 4.69) is 26.8 Å². The number of amides is 1. The molecular formula is C22H30N4O3S. The number of anilines is 1. The van der Waals surface area contributed by atoms with E-state index in [4.69, 9.17) is 0 Å². The summed E-state index contributed by atoms with van der Waals surface area (Å²) in [7, 11) is -2.06. The van der Waals surface area contributed by atoms with Crippen molar-refractivity contribution in [1.29, 1.82) is 0 Å². The molecule has 1 aromatic heterocycles. The molecule has 0 spiro atoms. The van der Waals surface area contributed by atoms with Crippen molar-refractivity contribution in [2.45, 2.75) is 44.0 Å². The Hall–Kier alpha value is -2.45. The van der Waals surface area contributed by atoms with Crippen LogP contribution in [-0.4, -0.2) is 39.4 Å². The van der Waals surface area contributed by atoms with Gasteiger partial charge in [-0.2, -0.15) is 0 Å². The van der Waals surface area contributed by atoms with Gasteiger partial charge in [0.15, 0.2) is 0 Å². The van der Waals surface area contributed by atoms with Crippen LogP contribution in [0.5, 0.6) is 0 Å². The quantitative estimate of drug-likeness (QED) is 0.671. The summed E-state index contributed by atoms with van der Waals surface area (Å²) in [4.78, 5) is 19.2. The molecular weight excluding hydrogens is 400 g/mol. The Morgan fingerprint density at radius 3 is 2.37 bits per heavy atom. The van der Waals surface area contributed by atoms with Crippen LogP contribution in [0.3, 0.4) is 0 Å². The highest BCUT2D eigenvalue weighted by Crippen LogP contribution is 2.21. The Balaban J connectivity index is 1.43. The number of aromatic nitrogens is 1. The Kier molecular flexibility index (Phi) is 7.44. The van der Waals surface area contributed by atoms with E-state index in [1.165, 1.54) is 19.9 Å². The van der Waals surface area contributed by atoms with E-state index in [9.17, 15) is 13.2 Å². The third-order valence-electron chi connectivity index (χ3n) is 5.55. The first kappa shape index (κ1) is 22.2.